The first kappa shape index (κ1) is 10.1. The van der Waals surface area contributed by atoms with E-state index >= 15 is 0 Å². The second-order valence-electron chi connectivity index (χ2n) is 2.91. The molecule has 68 valence electrons. The quantitative estimate of drug-likeness (QED) is 0.611. The van der Waals surface area contributed by atoms with Crippen LogP contribution in [0.1, 0.15) is 19.8 Å². The lowest BCUT2D eigenvalue weighted by atomic mass is 10.00. The number of hydrogen-bond acceptors (Lipinski definition) is 4. The van der Waals surface area contributed by atoms with Crippen LogP contribution >= 0.6 is 21.6 Å². The highest BCUT2D eigenvalue weighted by Crippen LogP contribution is 2.29. The fourth-order valence-electron chi connectivity index (χ4n) is 1.04. The van der Waals surface area contributed by atoms with Crippen LogP contribution in [0.3, 0.4) is 0 Å². The predicted molar refractivity (Wildman–Crippen MR) is 53.3 cm³/mol. The van der Waals surface area contributed by atoms with Crippen LogP contribution in [0.25, 0.3) is 0 Å². The highest BCUT2D eigenvalue weighted by atomic mass is 33.1. The highest BCUT2D eigenvalue weighted by molar-refractivity contribution is 8.76. The Morgan fingerprint density at radius 2 is 2.25 bits per heavy atom. The molecule has 0 aliphatic carbocycles. The minimum atomic E-state index is -0.0321. The van der Waals surface area contributed by atoms with Gasteiger partial charge in [-0.15, -0.1) is 0 Å². The molecule has 1 heterocycles. The number of Topliss-reactive ketones (excluding diaryl/α,β-unsaturated/α-hetero) is 2. The molecule has 0 amide bonds. The van der Waals surface area contributed by atoms with Crippen LogP contribution in [0.15, 0.2) is 0 Å². The van der Waals surface area contributed by atoms with Gasteiger partial charge in [-0.2, -0.15) is 0 Å². The van der Waals surface area contributed by atoms with Gasteiger partial charge in [-0.05, 0) is 6.92 Å². The lowest BCUT2D eigenvalue weighted by Gasteiger charge is -2.14. The minimum Gasteiger partial charge on any atom is -0.300 e. The van der Waals surface area contributed by atoms with Gasteiger partial charge < -0.3 is 0 Å². The fraction of sp³-hybridized carbons (Fsp3) is 0.750. The summed E-state index contributed by atoms with van der Waals surface area (Å²) in [4.78, 5) is 22.2. The molecule has 0 bridgehead atoms. The molecular formula is C8H12O2S2. The van der Waals surface area contributed by atoms with E-state index in [4.69, 9.17) is 0 Å². The Labute approximate surface area is 80.3 Å². The molecule has 0 aromatic rings. The zero-order valence-electron chi connectivity index (χ0n) is 7.04. The molecule has 1 aliphatic rings. The summed E-state index contributed by atoms with van der Waals surface area (Å²) in [5.74, 6) is 2.05. The molecule has 0 aromatic carbocycles. The van der Waals surface area contributed by atoms with Crippen molar-refractivity contribution in [1.29, 1.82) is 0 Å². The average Bonchev–Trinajstić information content (AvgIpc) is 1.95. The van der Waals surface area contributed by atoms with Crippen LogP contribution in [0, 0.1) is 5.92 Å². The lowest BCUT2D eigenvalue weighted by Crippen LogP contribution is -2.19. The largest absolute Gasteiger partial charge is 0.300 e. The van der Waals surface area contributed by atoms with Gasteiger partial charge in [0.05, 0.1) is 0 Å². The molecule has 12 heavy (non-hydrogen) atoms. The van der Waals surface area contributed by atoms with Gasteiger partial charge in [0.15, 0.2) is 0 Å². The average molecular weight is 204 g/mol. The Balaban J connectivity index is 2.49. The summed E-state index contributed by atoms with van der Waals surface area (Å²) in [5.41, 5.74) is 0. The molecule has 0 spiro atoms. The third kappa shape index (κ3) is 3.19. The maximum atomic E-state index is 11.2. The van der Waals surface area contributed by atoms with Gasteiger partial charge in [-0.1, -0.05) is 21.6 Å². The Morgan fingerprint density at radius 3 is 2.92 bits per heavy atom. The monoisotopic (exact) mass is 204 g/mol. The summed E-state index contributed by atoms with van der Waals surface area (Å²) in [6, 6.07) is 0. The van der Waals surface area contributed by atoms with Gasteiger partial charge in [-0.3, -0.25) is 9.59 Å². The van der Waals surface area contributed by atoms with Crippen LogP contribution in [0.4, 0.5) is 0 Å². The van der Waals surface area contributed by atoms with Crippen molar-refractivity contribution >= 4 is 33.2 Å². The Kier molecular flexibility index (Phi) is 4.15. The van der Waals surface area contributed by atoms with E-state index in [0.29, 0.717) is 12.8 Å². The molecule has 0 aromatic heterocycles. The van der Waals surface area contributed by atoms with Crippen LogP contribution in [0.5, 0.6) is 0 Å². The van der Waals surface area contributed by atoms with Crippen molar-refractivity contribution < 1.29 is 9.59 Å². The van der Waals surface area contributed by atoms with Crippen LogP contribution in [-0.2, 0) is 9.59 Å². The Hall–Kier alpha value is 0.0400. The number of rotatable bonds is 1. The topological polar surface area (TPSA) is 34.1 Å². The van der Waals surface area contributed by atoms with Gasteiger partial charge in [0, 0.05) is 30.3 Å². The van der Waals surface area contributed by atoms with Crippen molar-refractivity contribution in [2.24, 2.45) is 5.92 Å². The third-order valence-corrected chi connectivity index (χ3v) is 4.35. The van der Waals surface area contributed by atoms with Crippen LogP contribution in [-0.4, -0.2) is 23.1 Å². The van der Waals surface area contributed by atoms with Crippen molar-refractivity contribution in [3.05, 3.63) is 0 Å². The normalized spacial score (nSPS) is 26.1. The fourth-order valence-corrected chi connectivity index (χ4v) is 3.47. The maximum Gasteiger partial charge on any atom is 0.134 e. The molecule has 1 fully saturated rings. The minimum absolute atomic E-state index is 0.0321. The van der Waals surface area contributed by atoms with E-state index < -0.39 is 0 Å². The molecular weight excluding hydrogens is 192 g/mol. The van der Waals surface area contributed by atoms with E-state index in [0.717, 1.165) is 11.5 Å². The lowest BCUT2D eigenvalue weighted by molar-refractivity contribution is -0.125. The third-order valence-electron chi connectivity index (χ3n) is 1.87. The van der Waals surface area contributed by atoms with Crippen molar-refractivity contribution in [2.45, 2.75) is 19.8 Å². The van der Waals surface area contributed by atoms with E-state index in [1.54, 1.807) is 28.5 Å². The van der Waals surface area contributed by atoms with Crippen molar-refractivity contribution in [1.82, 2.24) is 0 Å². The molecule has 0 saturated carbocycles. The van der Waals surface area contributed by atoms with Gasteiger partial charge in [0.25, 0.3) is 0 Å². The SMILES string of the molecule is CC(=O)[C@H]1CSSCCC(=O)C1. The second-order valence-corrected chi connectivity index (χ2v) is 5.53. The second kappa shape index (κ2) is 4.92. The van der Waals surface area contributed by atoms with E-state index in [1.807, 2.05) is 0 Å². The Bertz CT molecular complexity index is 191. The number of ketones is 2. The maximum absolute atomic E-state index is 11.2. The van der Waals surface area contributed by atoms with Gasteiger partial charge >= 0.3 is 0 Å². The number of carbonyl (C=O) groups is 2. The van der Waals surface area contributed by atoms with Crippen LogP contribution in [0.2, 0.25) is 0 Å². The first-order chi connectivity index (χ1) is 5.70. The molecule has 0 radical (unpaired) electrons. The number of carbonyl (C=O) groups excluding carboxylic acids is 2. The highest BCUT2D eigenvalue weighted by Gasteiger charge is 2.20. The van der Waals surface area contributed by atoms with Gasteiger partial charge in [-0.25, -0.2) is 0 Å². The summed E-state index contributed by atoms with van der Waals surface area (Å²) in [6.07, 6.45) is 1.09. The summed E-state index contributed by atoms with van der Waals surface area (Å²) >= 11 is 0. The van der Waals surface area contributed by atoms with Gasteiger partial charge in [0.2, 0.25) is 0 Å². The predicted octanol–water partition coefficient (Wildman–Crippen LogP) is 1.94. The summed E-state index contributed by atoms with van der Waals surface area (Å²) < 4.78 is 0. The first-order valence-electron chi connectivity index (χ1n) is 3.96. The summed E-state index contributed by atoms with van der Waals surface area (Å²) in [6.45, 7) is 1.57. The Morgan fingerprint density at radius 1 is 1.50 bits per heavy atom. The molecule has 4 heteroatoms. The molecule has 0 unspecified atom stereocenters. The van der Waals surface area contributed by atoms with Crippen molar-refractivity contribution in [3.63, 3.8) is 0 Å². The van der Waals surface area contributed by atoms with Gasteiger partial charge in [0.1, 0.15) is 11.6 Å². The molecule has 1 saturated heterocycles. The van der Waals surface area contributed by atoms with E-state index in [1.165, 1.54) is 0 Å². The zero-order chi connectivity index (χ0) is 8.97. The molecule has 1 rings (SSSR count). The van der Waals surface area contributed by atoms with Crippen molar-refractivity contribution in [3.8, 4) is 0 Å². The number of hydrogen-bond donors (Lipinski definition) is 0. The smallest absolute Gasteiger partial charge is 0.134 e. The van der Waals surface area contributed by atoms with Crippen molar-refractivity contribution in [2.75, 3.05) is 11.5 Å². The van der Waals surface area contributed by atoms with E-state index in [-0.39, 0.29) is 17.5 Å². The zero-order valence-corrected chi connectivity index (χ0v) is 8.67. The first-order valence-corrected chi connectivity index (χ1v) is 6.45. The molecule has 0 N–H and O–H groups in total. The summed E-state index contributed by atoms with van der Waals surface area (Å²) in [5, 5.41) is 0. The summed E-state index contributed by atoms with van der Waals surface area (Å²) in [7, 11) is 3.41. The van der Waals surface area contributed by atoms with E-state index in [2.05, 4.69) is 0 Å². The van der Waals surface area contributed by atoms with E-state index in [9.17, 15) is 9.59 Å². The van der Waals surface area contributed by atoms with Crippen LogP contribution < -0.4 is 0 Å². The molecule has 2 nitrogen and oxygen atoms in total. The standard InChI is InChI=1S/C8H12O2S2/c1-6(9)7-4-8(10)2-3-11-12-5-7/h7H,2-5H2,1H3/t7-/m1/s1. The molecule has 1 atom stereocenters. The molecule has 1 aliphatic heterocycles.